The zero-order valence-electron chi connectivity index (χ0n) is 12.8. The number of hydrogen-bond donors (Lipinski definition) is 1. The van der Waals surface area contributed by atoms with Crippen LogP contribution in [0.15, 0.2) is 48.0 Å². The quantitative estimate of drug-likeness (QED) is 0.697. The first-order chi connectivity index (χ1) is 11.3. The Morgan fingerprint density at radius 2 is 2.13 bits per heavy atom. The lowest BCUT2D eigenvalue weighted by atomic mass is 10.0. The lowest BCUT2D eigenvalue weighted by molar-refractivity contribution is -0.117. The molecule has 0 aromatic heterocycles. The standard InChI is InChI=1S/C19H18N2O2/c20-12-16(19(22)21-13-17-8-4-10-23-17)11-15-7-3-6-14-5-1-2-9-18(14)15/h1-3,5-7,9,11,17H,4,8,10,13H2,(H,21,22). The highest BCUT2D eigenvalue weighted by atomic mass is 16.5. The van der Waals surface area contributed by atoms with E-state index in [1.807, 2.05) is 48.5 Å². The highest BCUT2D eigenvalue weighted by Crippen LogP contribution is 2.21. The highest BCUT2D eigenvalue weighted by molar-refractivity contribution is 6.04. The topological polar surface area (TPSA) is 62.1 Å². The van der Waals surface area contributed by atoms with Gasteiger partial charge in [-0.1, -0.05) is 42.5 Å². The molecule has 2 aromatic rings. The third kappa shape index (κ3) is 3.58. The minimum Gasteiger partial charge on any atom is -0.376 e. The van der Waals surface area contributed by atoms with Crippen LogP contribution in [0.25, 0.3) is 16.8 Å². The molecule has 1 fully saturated rings. The van der Waals surface area contributed by atoms with Gasteiger partial charge >= 0.3 is 0 Å². The lowest BCUT2D eigenvalue weighted by Gasteiger charge is -2.10. The van der Waals surface area contributed by atoms with E-state index in [0.717, 1.165) is 35.8 Å². The number of rotatable bonds is 4. The SMILES string of the molecule is N#CC(=Cc1cccc2ccccc12)C(=O)NCC1CCCO1. The van der Waals surface area contributed by atoms with Crippen molar-refractivity contribution in [3.8, 4) is 6.07 Å². The highest BCUT2D eigenvalue weighted by Gasteiger charge is 2.17. The number of amides is 1. The Labute approximate surface area is 135 Å². The molecule has 0 spiro atoms. The number of fused-ring (bicyclic) bond motifs is 1. The summed E-state index contributed by atoms with van der Waals surface area (Å²) in [4.78, 5) is 12.2. The van der Waals surface area contributed by atoms with Gasteiger partial charge in [0.05, 0.1) is 6.10 Å². The van der Waals surface area contributed by atoms with Gasteiger partial charge in [-0.15, -0.1) is 0 Å². The maximum atomic E-state index is 12.2. The molecule has 4 heteroatoms. The molecule has 1 amide bonds. The normalized spacial score (nSPS) is 17.9. The Morgan fingerprint density at radius 3 is 2.91 bits per heavy atom. The van der Waals surface area contributed by atoms with E-state index >= 15 is 0 Å². The van der Waals surface area contributed by atoms with Crippen LogP contribution in [0.4, 0.5) is 0 Å². The van der Waals surface area contributed by atoms with Gasteiger partial charge in [-0.25, -0.2) is 0 Å². The number of nitriles is 1. The average molecular weight is 306 g/mol. The molecule has 1 aliphatic rings. The lowest BCUT2D eigenvalue weighted by Crippen LogP contribution is -2.32. The molecule has 1 aliphatic heterocycles. The number of carbonyl (C=O) groups is 1. The third-order valence-electron chi connectivity index (χ3n) is 4.00. The first kappa shape index (κ1) is 15.3. The average Bonchev–Trinajstić information content (AvgIpc) is 3.11. The van der Waals surface area contributed by atoms with Crippen molar-refractivity contribution < 1.29 is 9.53 Å². The Kier molecular flexibility index (Phi) is 4.70. The molecule has 1 atom stereocenters. The van der Waals surface area contributed by atoms with Gasteiger partial charge in [0.2, 0.25) is 0 Å². The van der Waals surface area contributed by atoms with E-state index in [9.17, 15) is 10.1 Å². The number of nitrogens with zero attached hydrogens (tertiary/aromatic N) is 1. The zero-order valence-corrected chi connectivity index (χ0v) is 12.8. The number of hydrogen-bond acceptors (Lipinski definition) is 3. The van der Waals surface area contributed by atoms with E-state index in [1.165, 1.54) is 0 Å². The van der Waals surface area contributed by atoms with Crippen molar-refractivity contribution in [2.24, 2.45) is 0 Å². The second-order valence-corrected chi connectivity index (χ2v) is 5.58. The van der Waals surface area contributed by atoms with E-state index < -0.39 is 0 Å². The predicted molar refractivity (Wildman–Crippen MR) is 89.5 cm³/mol. The van der Waals surface area contributed by atoms with E-state index in [1.54, 1.807) is 6.08 Å². The number of benzene rings is 2. The Bertz CT molecular complexity index is 778. The Hall–Kier alpha value is -2.64. The summed E-state index contributed by atoms with van der Waals surface area (Å²) in [5.41, 5.74) is 0.978. The van der Waals surface area contributed by atoms with Crippen molar-refractivity contribution in [3.05, 3.63) is 53.6 Å². The molecule has 1 heterocycles. The van der Waals surface area contributed by atoms with Gasteiger partial charge in [0, 0.05) is 13.2 Å². The summed E-state index contributed by atoms with van der Waals surface area (Å²) in [6.45, 7) is 1.20. The van der Waals surface area contributed by atoms with Crippen molar-refractivity contribution in [1.29, 1.82) is 5.26 Å². The van der Waals surface area contributed by atoms with Crippen LogP contribution < -0.4 is 5.32 Å². The van der Waals surface area contributed by atoms with Crippen LogP contribution in [0.5, 0.6) is 0 Å². The van der Waals surface area contributed by atoms with Crippen molar-refractivity contribution in [2.75, 3.05) is 13.2 Å². The summed E-state index contributed by atoms with van der Waals surface area (Å²) < 4.78 is 5.48. The summed E-state index contributed by atoms with van der Waals surface area (Å²) in [6.07, 6.45) is 3.69. The van der Waals surface area contributed by atoms with Gasteiger partial charge in [0.25, 0.3) is 5.91 Å². The molecule has 116 valence electrons. The molecule has 0 aliphatic carbocycles. The molecule has 0 saturated carbocycles. The van der Waals surface area contributed by atoms with Crippen molar-refractivity contribution >= 4 is 22.8 Å². The van der Waals surface area contributed by atoms with Crippen LogP contribution in [0.3, 0.4) is 0 Å². The van der Waals surface area contributed by atoms with Gasteiger partial charge in [0.15, 0.2) is 0 Å². The number of carbonyl (C=O) groups excluding carboxylic acids is 1. The van der Waals surface area contributed by atoms with Crippen LogP contribution in [-0.2, 0) is 9.53 Å². The second kappa shape index (κ2) is 7.08. The summed E-state index contributed by atoms with van der Waals surface area (Å²) in [7, 11) is 0. The van der Waals surface area contributed by atoms with Crippen LogP contribution in [0.2, 0.25) is 0 Å². The summed E-state index contributed by atoms with van der Waals surface area (Å²) in [6, 6.07) is 15.8. The zero-order chi connectivity index (χ0) is 16.1. The third-order valence-corrected chi connectivity index (χ3v) is 4.00. The van der Waals surface area contributed by atoms with Crippen LogP contribution >= 0.6 is 0 Å². The van der Waals surface area contributed by atoms with Crippen molar-refractivity contribution in [1.82, 2.24) is 5.32 Å². The molecule has 1 N–H and O–H groups in total. The van der Waals surface area contributed by atoms with E-state index in [0.29, 0.717) is 6.54 Å². The monoisotopic (exact) mass is 306 g/mol. The largest absolute Gasteiger partial charge is 0.376 e. The van der Waals surface area contributed by atoms with Gasteiger partial charge in [-0.3, -0.25) is 4.79 Å². The fraction of sp³-hybridized carbons (Fsp3) is 0.263. The van der Waals surface area contributed by atoms with Gasteiger partial charge in [-0.2, -0.15) is 5.26 Å². The van der Waals surface area contributed by atoms with Crippen molar-refractivity contribution in [2.45, 2.75) is 18.9 Å². The van der Waals surface area contributed by atoms with Crippen LogP contribution in [0, 0.1) is 11.3 Å². The molecule has 3 rings (SSSR count). The minimum absolute atomic E-state index is 0.0662. The maximum absolute atomic E-state index is 12.2. The fourth-order valence-electron chi connectivity index (χ4n) is 2.79. The van der Waals surface area contributed by atoms with E-state index in [-0.39, 0.29) is 17.6 Å². The molecular formula is C19H18N2O2. The predicted octanol–water partition coefficient (Wildman–Crippen LogP) is 3.04. The summed E-state index contributed by atoms with van der Waals surface area (Å²) in [5.74, 6) is -0.351. The molecule has 0 radical (unpaired) electrons. The van der Waals surface area contributed by atoms with Crippen LogP contribution in [-0.4, -0.2) is 25.2 Å². The minimum atomic E-state index is -0.351. The van der Waals surface area contributed by atoms with Gasteiger partial charge in [-0.05, 0) is 35.3 Å². The molecule has 4 nitrogen and oxygen atoms in total. The first-order valence-electron chi connectivity index (χ1n) is 7.77. The molecule has 0 bridgehead atoms. The molecule has 1 unspecified atom stereocenters. The maximum Gasteiger partial charge on any atom is 0.262 e. The second-order valence-electron chi connectivity index (χ2n) is 5.58. The van der Waals surface area contributed by atoms with E-state index in [2.05, 4.69) is 5.32 Å². The van der Waals surface area contributed by atoms with Crippen LogP contribution in [0.1, 0.15) is 18.4 Å². The Morgan fingerprint density at radius 1 is 1.30 bits per heavy atom. The fourth-order valence-corrected chi connectivity index (χ4v) is 2.79. The molecular weight excluding hydrogens is 288 g/mol. The number of nitrogens with one attached hydrogen (secondary N) is 1. The van der Waals surface area contributed by atoms with Gasteiger partial charge in [0.1, 0.15) is 11.6 Å². The Balaban J connectivity index is 1.80. The molecule has 23 heavy (non-hydrogen) atoms. The van der Waals surface area contributed by atoms with E-state index in [4.69, 9.17) is 4.74 Å². The number of ether oxygens (including phenoxy) is 1. The first-order valence-corrected chi connectivity index (χ1v) is 7.77. The molecule has 2 aromatic carbocycles. The van der Waals surface area contributed by atoms with Crippen molar-refractivity contribution in [3.63, 3.8) is 0 Å². The van der Waals surface area contributed by atoms with Gasteiger partial charge < -0.3 is 10.1 Å². The molecule has 1 saturated heterocycles. The smallest absolute Gasteiger partial charge is 0.262 e. The summed E-state index contributed by atoms with van der Waals surface area (Å²) in [5, 5.41) is 14.2. The summed E-state index contributed by atoms with van der Waals surface area (Å²) >= 11 is 0.